The van der Waals surface area contributed by atoms with E-state index in [0.29, 0.717) is 92.1 Å². The van der Waals surface area contributed by atoms with Crippen LogP contribution in [0.4, 0.5) is 25.8 Å². The quantitative estimate of drug-likeness (QED) is 0.0422. The van der Waals surface area contributed by atoms with E-state index in [-0.39, 0.29) is 59.9 Å². The minimum absolute atomic E-state index is 0.0767. The molecule has 2 fully saturated rings. The summed E-state index contributed by atoms with van der Waals surface area (Å²) in [5, 5.41) is 21.6. The molecule has 2 aromatic rings. The van der Waals surface area contributed by atoms with Crippen LogP contribution in [0.25, 0.3) is 5.57 Å². The monoisotopic (exact) mass is 899 g/mol. The van der Waals surface area contributed by atoms with Gasteiger partial charge in [0.25, 0.3) is 6.43 Å². The Balaban J connectivity index is 0.928. The average Bonchev–Trinajstić information content (AvgIpc) is 3.29. The summed E-state index contributed by atoms with van der Waals surface area (Å²) in [5.74, 6) is -0.446. The molecular weight excluding hydrogens is 835 g/mol. The number of carbonyl (C=O) groups excluding carboxylic acids is 5. The fourth-order valence-corrected chi connectivity index (χ4v) is 9.11. The topological polar surface area (TPSA) is 205 Å². The number of fused-ring (bicyclic) bond motifs is 1. The number of imide groups is 1. The lowest BCUT2D eigenvalue weighted by Crippen LogP contribution is -2.48. The van der Waals surface area contributed by atoms with Crippen LogP contribution in [0.5, 0.6) is 0 Å². The van der Waals surface area contributed by atoms with Crippen molar-refractivity contribution in [1.29, 1.82) is 5.41 Å². The number of allylic oxidation sites excluding steroid dienone is 1. The number of aryl methyl sites for hydroxylation is 1. The van der Waals surface area contributed by atoms with Gasteiger partial charge in [0.2, 0.25) is 29.5 Å². The number of nitrogens with zero attached hydrogens (tertiary/aromatic N) is 4. The van der Waals surface area contributed by atoms with Crippen molar-refractivity contribution in [2.45, 2.75) is 122 Å². The highest BCUT2D eigenvalue weighted by Gasteiger charge is 2.33. The lowest BCUT2D eigenvalue weighted by atomic mass is 9.91. The molecule has 0 radical (unpaired) electrons. The van der Waals surface area contributed by atoms with E-state index in [2.05, 4.69) is 26.3 Å². The number of amidine groups is 1. The Hall–Kier alpha value is -6.13. The van der Waals surface area contributed by atoms with E-state index in [1.165, 1.54) is 25.4 Å². The number of amides is 5. The molecule has 17 heteroatoms. The molecule has 4 aliphatic rings. The highest BCUT2D eigenvalue weighted by molar-refractivity contribution is 6.12. The van der Waals surface area contributed by atoms with Gasteiger partial charge in [0.1, 0.15) is 11.9 Å². The Bertz CT molecular complexity index is 2180. The van der Waals surface area contributed by atoms with Gasteiger partial charge in [-0.2, -0.15) is 0 Å². The maximum Gasteiger partial charge on any atom is 0.264 e. The van der Waals surface area contributed by atoms with Gasteiger partial charge < -0.3 is 36.4 Å². The summed E-state index contributed by atoms with van der Waals surface area (Å²) in [5.41, 5.74) is 10.7. The molecule has 15 nitrogen and oxygen atoms in total. The zero-order chi connectivity index (χ0) is 46.5. The highest BCUT2D eigenvalue weighted by Crippen LogP contribution is 2.38. The van der Waals surface area contributed by atoms with Crippen LogP contribution in [0, 0.1) is 5.41 Å². The molecule has 1 atom stereocenters. The molecule has 0 spiro atoms. The van der Waals surface area contributed by atoms with Gasteiger partial charge in [0.05, 0.1) is 6.54 Å². The number of halogens is 2. The van der Waals surface area contributed by atoms with Crippen LogP contribution in [0.1, 0.15) is 120 Å². The van der Waals surface area contributed by atoms with E-state index in [4.69, 9.17) is 5.73 Å². The van der Waals surface area contributed by atoms with Gasteiger partial charge in [-0.25, -0.2) is 8.78 Å². The lowest BCUT2D eigenvalue weighted by molar-refractivity contribution is -0.134. The number of hydrogen-bond donors (Lipinski definition) is 6. The number of likely N-dealkylation sites (tertiary alicyclic amines) is 1. The predicted molar refractivity (Wildman–Crippen MR) is 250 cm³/mol. The number of carbonyl (C=O) groups is 5. The number of alkyl halides is 2. The van der Waals surface area contributed by atoms with Gasteiger partial charge in [0.15, 0.2) is 0 Å². The predicted octanol–water partition coefficient (Wildman–Crippen LogP) is 6.42. The molecule has 4 heterocycles. The minimum Gasteiger partial charge on any atom is -0.404 e. The van der Waals surface area contributed by atoms with Crippen molar-refractivity contribution in [3.05, 3.63) is 70.6 Å². The van der Waals surface area contributed by atoms with Gasteiger partial charge in [-0.1, -0.05) is 31.7 Å². The van der Waals surface area contributed by atoms with Crippen LogP contribution in [-0.2, 0) is 30.4 Å². The maximum atomic E-state index is 14.5. The second kappa shape index (κ2) is 23.2. The fourth-order valence-electron chi connectivity index (χ4n) is 9.11. The number of nitrogens with two attached hydrogens (primary N) is 1. The molecule has 0 bridgehead atoms. The molecule has 1 unspecified atom stereocenters. The summed E-state index contributed by atoms with van der Waals surface area (Å²) in [7, 11) is 1.56. The largest absolute Gasteiger partial charge is 0.404 e. The second-order valence-corrected chi connectivity index (χ2v) is 17.3. The molecule has 350 valence electrons. The van der Waals surface area contributed by atoms with E-state index < -0.39 is 12.5 Å². The Morgan fingerprint density at radius 3 is 2.32 bits per heavy atom. The van der Waals surface area contributed by atoms with E-state index in [9.17, 15) is 38.2 Å². The van der Waals surface area contributed by atoms with Gasteiger partial charge in [-0.3, -0.25) is 39.7 Å². The Morgan fingerprint density at radius 1 is 0.908 bits per heavy atom. The molecular formula is C48H64F2N10O5. The summed E-state index contributed by atoms with van der Waals surface area (Å²) in [6.45, 7) is 3.99. The standard InChI is InChI=1S/C48H64F2N10O5/c1-31(61)59-24-20-40(39(30-59)47(52)60-21-10-11-32-25-37(33(28-51)29-53-2)38(46(49)50)27-42(32)60)54-34-18-22-58(23-19-34)45(64)15-8-6-4-3-5-7-14-43(62)56-36-13-9-12-35(26-36)55-41-16-17-44(63)57-48(41)65/h9,12-13,25-29,34,41,46,52,54-55H,3-8,10-11,14-24,30,51H2,1-2H3,(H,56,62)(H,57,63,65). The minimum atomic E-state index is -2.77. The Labute approximate surface area is 380 Å². The van der Waals surface area contributed by atoms with Crippen molar-refractivity contribution < 1.29 is 32.8 Å². The van der Waals surface area contributed by atoms with Gasteiger partial charge in [-0.15, -0.1) is 0 Å². The Morgan fingerprint density at radius 2 is 1.63 bits per heavy atom. The number of piperidine rings is 2. The van der Waals surface area contributed by atoms with Gasteiger partial charge in [-0.05, 0) is 86.4 Å². The van der Waals surface area contributed by atoms with Crippen molar-refractivity contribution in [1.82, 2.24) is 20.4 Å². The van der Waals surface area contributed by atoms with E-state index in [0.717, 1.165) is 69.0 Å². The summed E-state index contributed by atoms with van der Waals surface area (Å²) in [4.78, 5) is 71.3. The third-order valence-corrected chi connectivity index (χ3v) is 12.7. The third-order valence-electron chi connectivity index (χ3n) is 12.7. The summed E-state index contributed by atoms with van der Waals surface area (Å²) < 4.78 is 29.0. The highest BCUT2D eigenvalue weighted by atomic mass is 19.3. The van der Waals surface area contributed by atoms with Crippen molar-refractivity contribution in [2.75, 3.05) is 55.3 Å². The van der Waals surface area contributed by atoms with E-state index in [1.807, 2.05) is 11.0 Å². The van der Waals surface area contributed by atoms with Crippen LogP contribution in [0.15, 0.2) is 58.9 Å². The normalized spacial score (nSPS) is 18.5. The van der Waals surface area contributed by atoms with Crippen molar-refractivity contribution in [2.24, 2.45) is 10.7 Å². The first-order chi connectivity index (χ1) is 31.3. The van der Waals surface area contributed by atoms with Crippen molar-refractivity contribution >= 4 is 64.2 Å². The van der Waals surface area contributed by atoms with Gasteiger partial charge >= 0.3 is 0 Å². The first kappa shape index (κ1) is 48.3. The number of rotatable bonds is 18. The molecule has 0 saturated carbocycles. The van der Waals surface area contributed by atoms with Gasteiger partial charge in [0, 0.05) is 124 Å². The maximum absolute atomic E-state index is 14.5. The molecule has 2 aromatic carbocycles. The molecule has 2 saturated heterocycles. The van der Waals surface area contributed by atoms with Crippen LogP contribution in [0.3, 0.4) is 0 Å². The summed E-state index contributed by atoms with van der Waals surface area (Å²) in [6, 6.07) is 9.98. The first-order valence-corrected chi connectivity index (χ1v) is 23.0. The summed E-state index contributed by atoms with van der Waals surface area (Å²) in [6.07, 6.45) is 10.4. The number of aliphatic imine (C=N–C) groups is 1. The first-order valence-electron chi connectivity index (χ1n) is 23.0. The number of unbranched alkanes of at least 4 members (excludes halogenated alkanes) is 5. The lowest BCUT2D eigenvalue weighted by Gasteiger charge is -2.39. The van der Waals surface area contributed by atoms with Crippen LogP contribution in [0.2, 0.25) is 0 Å². The Kier molecular flexibility index (Phi) is 17.2. The van der Waals surface area contributed by atoms with Crippen LogP contribution in [-0.4, -0.2) is 103 Å². The van der Waals surface area contributed by atoms with Crippen LogP contribution < -0.4 is 31.9 Å². The zero-order valence-corrected chi connectivity index (χ0v) is 37.7. The number of anilines is 3. The third kappa shape index (κ3) is 13.0. The summed E-state index contributed by atoms with van der Waals surface area (Å²) >= 11 is 0. The van der Waals surface area contributed by atoms with Crippen molar-refractivity contribution in [3.63, 3.8) is 0 Å². The number of nitrogens with one attached hydrogen (secondary N) is 5. The molecule has 0 aromatic heterocycles. The molecule has 0 aliphatic carbocycles. The SMILES string of the molecule is CN=CC(=CN)c1cc2c(cc1C(F)F)N(C(=N)C1=C(NC3CCN(C(=O)CCCCCCCCC(=O)Nc4cccc(NC5CCC(=O)NC5=O)c4)CC3)CCN(C(C)=O)C1)CCC2. The molecule has 65 heavy (non-hydrogen) atoms. The molecule has 4 aliphatic heterocycles. The van der Waals surface area contributed by atoms with Crippen molar-refractivity contribution in [3.8, 4) is 0 Å². The van der Waals surface area contributed by atoms with Crippen LogP contribution >= 0.6 is 0 Å². The number of benzene rings is 2. The smallest absolute Gasteiger partial charge is 0.264 e. The molecule has 7 N–H and O–H groups in total. The molecule has 6 rings (SSSR count). The second-order valence-electron chi connectivity index (χ2n) is 17.3. The van der Waals surface area contributed by atoms with E-state index >= 15 is 0 Å². The molecule has 5 amide bonds. The average molecular weight is 899 g/mol. The fraction of sp³-hybridized carbons (Fsp3) is 0.521. The zero-order valence-electron chi connectivity index (χ0n) is 37.7. The number of hydrogen-bond acceptors (Lipinski definition) is 10. The van der Waals surface area contributed by atoms with E-state index in [1.54, 1.807) is 41.1 Å².